The highest BCUT2D eigenvalue weighted by molar-refractivity contribution is 5.92. The van der Waals surface area contributed by atoms with Gasteiger partial charge in [0, 0.05) is 25.1 Å². The maximum Gasteiger partial charge on any atom is 0.276 e. The van der Waals surface area contributed by atoms with Crippen molar-refractivity contribution in [3.63, 3.8) is 0 Å². The number of carbonyl (C=O) groups is 1. The molecule has 23 heavy (non-hydrogen) atoms. The van der Waals surface area contributed by atoms with Crippen LogP contribution in [0.3, 0.4) is 0 Å². The van der Waals surface area contributed by atoms with Crippen molar-refractivity contribution in [1.29, 1.82) is 0 Å². The van der Waals surface area contributed by atoms with Crippen molar-refractivity contribution >= 4 is 5.91 Å². The van der Waals surface area contributed by atoms with Crippen LogP contribution >= 0.6 is 0 Å². The molecule has 0 aromatic carbocycles. The first-order valence-electron chi connectivity index (χ1n) is 7.90. The molecule has 122 valence electrons. The van der Waals surface area contributed by atoms with E-state index in [1.165, 1.54) is 0 Å². The number of hydrogen-bond donors (Lipinski definition) is 0. The third-order valence-corrected chi connectivity index (χ3v) is 4.53. The fourth-order valence-corrected chi connectivity index (χ4v) is 3.19. The fraction of sp³-hybridized carbons (Fsp3) is 0.600. The van der Waals surface area contributed by atoms with Crippen LogP contribution in [-0.4, -0.2) is 50.2 Å². The highest BCUT2D eigenvalue weighted by Crippen LogP contribution is 2.30. The molecule has 2 aliphatic rings. The van der Waals surface area contributed by atoms with Crippen LogP contribution in [0.5, 0.6) is 0 Å². The van der Waals surface area contributed by atoms with E-state index in [-0.39, 0.29) is 24.0 Å². The molecule has 0 N–H and O–H groups in total. The van der Waals surface area contributed by atoms with Crippen LogP contribution in [-0.2, 0) is 11.3 Å². The molecule has 2 atom stereocenters. The normalized spacial score (nSPS) is 23.7. The van der Waals surface area contributed by atoms with Gasteiger partial charge >= 0.3 is 0 Å². The van der Waals surface area contributed by atoms with Gasteiger partial charge in [-0.05, 0) is 6.42 Å². The predicted octanol–water partition coefficient (Wildman–Crippen LogP) is 1.38. The highest BCUT2D eigenvalue weighted by Gasteiger charge is 2.38. The zero-order valence-electron chi connectivity index (χ0n) is 13.2. The number of nitrogens with zero attached hydrogens (tertiary/aromatic N) is 5. The number of ether oxygens (including phenoxy) is 1. The van der Waals surface area contributed by atoms with Gasteiger partial charge in [-0.1, -0.05) is 24.2 Å². The first kappa shape index (κ1) is 14.4. The van der Waals surface area contributed by atoms with Crippen LogP contribution in [0.25, 0.3) is 0 Å². The number of amides is 1. The summed E-state index contributed by atoms with van der Waals surface area (Å²) >= 11 is 0. The summed E-state index contributed by atoms with van der Waals surface area (Å²) in [5, 5.41) is 12.0. The van der Waals surface area contributed by atoms with E-state index in [1.807, 2.05) is 18.5 Å². The minimum atomic E-state index is -0.105. The Morgan fingerprint density at radius 3 is 3.09 bits per heavy atom. The SMILES string of the molecule is CC(C)c1cc(C(=O)N2CC[C@@H]3OCc4cnnn4[C@H]3C2)no1. The van der Waals surface area contributed by atoms with E-state index in [9.17, 15) is 4.79 Å². The van der Waals surface area contributed by atoms with E-state index >= 15 is 0 Å². The molecular formula is C15H19N5O3. The van der Waals surface area contributed by atoms with Crippen molar-refractivity contribution in [2.75, 3.05) is 13.1 Å². The van der Waals surface area contributed by atoms with Gasteiger partial charge in [-0.25, -0.2) is 4.68 Å². The molecule has 8 heteroatoms. The molecule has 0 spiro atoms. The van der Waals surface area contributed by atoms with Crippen LogP contribution < -0.4 is 0 Å². The molecule has 0 bridgehead atoms. The standard InChI is InChI=1S/C15H19N5O3/c1-9(2)14-5-11(17-23-14)15(21)19-4-3-13-12(7-19)20-10(8-22-13)6-16-18-20/h5-6,9,12-13H,3-4,7-8H2,1-2H3/t12-,13-/m0/s1. The van der Waals surface area contributed by atoms with Gasteiger partial charge in [-0.3, -0.25) is 4.79 Å². The summed E-state index contributed by atoms with van der Waals surface area (Å²) in [6.07, 6.45) is 2.57. The van der Waals surface area contributed by atoms with E-state index in [1.54, 1.807) is 17.2 Å². The summed E-state index contributed by atoms with van der Waals surface area (Å²) in [6, 6.07) is 1.74. The second-order valence-corrected chi connectivity index (χ2v) is 6.40. The van der Waals surface area contributed by atoms with Crippen molar-refractivity contribution < 1.29 is 14.1 Å². The van der Waals surface area contributed by atoms with Gasteiger partial charge in [-0.2, -0.15) is 0 Å². The summed E-state index contributed by atoms with van der Waals surface area (Å²) in [4.78, 5) is 14.5. The van der Waals surface area contributed by atoms with Gasteiger partial charge in [0.15, 0.2) is 5.69 Å². The molecule has 2 aromatic heterocycles. The summed E-state index contributed by atoms with van der Waals surface area (Å²) < 4.78 is 13.0. The maximum atomic E-state index is 12.7. The van der Waals surface area contributed by atoms with E-state index in [2.05, 4.69) is 15.5 Å². The number of aromatic nitrogens is 4. The number of piperidine rings is 1. The maximum absolute atomic E-state index is 12.7. The Labute approximate surface area is 133 Å². The van der Waals surface area contributed by atoms with E-state index < -0.39 is 0 Å². The Hall–Kier alpha value is -2.22. The molecular weight excluding hydrogens is 298 g/mol. The van der Waals surface area contributed by atoms with Crippen molar-refractivity contribution in [1.82, 2.24) is 25.1 Å². The average Bonchev–Trinajstić information content (AvgIpc) is 3.22. The number of carbonyl (C=O) groups excluding carboxylic acids is 1. The minimum Gasteiger partial charge on any atom is -0.370 e. The van der Waals surface area contributed by atoms with E-state index in [0.29, 0.717) is 25.4 Å². The topological polar surface area (TPSA) is 86.3 Å². The van der Waals surface area contributed by atoms with Crippen LogP contribution in [0.15, 0.2) is 16.8 Å². The van der Waals surface area contributed by atoms with Gasteiger partial charge in [0.25, 0.3) is 5.91 Å². The van der Waals surface area contributed by atoms with Crippen LogP contribution in [0.4, 0.5) is 0 Å². The molecule has 0 saturated carbocycles. The second kappa shape index (κ2) is 5.45. The smallest absolute Gasteiger partial charge is 0.276 e. The third kappa shape index (κ3) is 2.42. The van der Waals surface area contributed by atoms with Crippen LogP contribution in [0.2, 0.25) is 0 Å². The summed E-state index contributed by atoms with van der Waals surface area (Å²) in [7, 11) is 0. The van der Waals surface area contributed by atoms with Crippen LogP contribution in [0, 0.1) is 0 Å². The summed E-state index contributed by atoms with van der Waals surface area (Å²) in [5.41, 5.74) is 1.31. The number of fused-ring (bicyclic) bond motifs is 3. The number of rotatable bonds is 2. The fourth-order valence-electron chi connectivity index (χ4n) is 3.19. The lowest BCUT2D eigenvalue weighted by Crippen LogP contribution is -2.50. The summed E-state index contributed by atoms with van der Waals surface area (Å²) in [5.74, 6) is 0.827. The molecule has 0 radical (unpaired) electrons. The molecule has 4 heterocycles. The Morgan fingerprint density at radius 1 is 1.43 bits per heavy atom. The van der Waals surface area contributed by atoms with Crippen LogP contribution in [0.1, 0.15) is 54.2 Å². The Bertz CT molecular complexity index is 722. The Balaban J connectivity index is 1.54. The monoisotopic (exact) mass is 317 g/mol. The van der Waals surface area contributed by atoms with Crippen molar-refractivity contribution in [2.45, 2.75) is 44.9 Å². The van der Waals surface area contributed by atoms with Gasteiger partial charge < -0.3 is 14.2 Å². The van der Waals surface area contributed by atoms with Gasteiger partial charge in [0.1, 0.15) is 5.76 Å². The molecule has 1 amide bonds. The number of hydrogen-bond acceptors (Lipinski definition) is 6. The molecule has 0 aliphatic carbocycles. The zero-order chi connectivity index (χ0) is 16.0. The molecule has 2 aliphatic heterocycles. The van der Waals surface area contributed by atoms with Crippen molar-refractivity contribution in [3.05, 3.63) is 29.4 Å². The Kier molecular flexibility index (Phi) is 3.41. The van der Waals surface area contributed by atoms with E-state index in [0.717, 1.165) is 17.9 Å². The van der Waals surface area contributed by atoms with E-state index in [4.69, 9.17) is 9.26 Å². The molecule has 4 rings (SSSR count). The third-order valence-electron chi connectivity index (χ3n) is 4.53. The van der Waals surface area contributed by atoms with Gasteiger partial charge in [0.2, 0.25) is 0 Å². The van der Waals surface area contributed by atoms with Crippen molar-refractivity contribution in [3.8, 4) is 0 Å². The lowest BCUT2D eigenvalue weighted by atomic mass is 10.00. The minimum absolute atomic E-state index is 0.00965. The first-order valence-corrected chi connectivity index (χ1v) is 7.90. The first-order chi connectivity index (χ1) is 11.1. The zero-order valence-corrected chi connectivity index (χ0v) is 13.2. The predicted molar refractivity (Wildman–Crippen MR) is 78.7 cm³/mol. The quantitative estimate of drug-likeness (QED) is 0.831. The van der Waals surface area contributed by atoms with Gasteiger partial charge in [0.05, 0.1) is 30.6 Å². The molecule has 1 saturated heterocycles. The average molecular weight is 317 g/mol. The van der Waals surface area contributed by atoms with Crippen molar-refractivity contribution in [2.24, 2.45) is 0 Å². The molecule has 1 fully saturated rings. The lowest BCUT2D eigenvalue weighted by molar-refractivity contribution is -0.0606. The number of likely N-dealkylation sites (tertiary alicyclic amines) is 1. The molecule has 2 aromatic rings. The lowest BCUT2D eigenvalue weighted by Gasteiger charge is -2.40. The second-order valence-electron chi connectivity index (χ2n) is 6.40. The largest absolute Gasteiger partial charge is 0.370 e. The highest BCUT2D eigenvalue weighted by atomic mass is 16.5. The summed E-state index contributed by atoms with van der Waals surface area (Å²) in [6.45, 7) is 5.73. The molecule has 8 nitrogen and oxygen atoms in total. The molecule has 0 unspecified atom stereocenters. The van der Waals surface area contributed by atoms with Gasteiger partial charge in [-0.15, -0.1) is 5.10 Å². The Morgan fingerprint density at radius 2 is 2.30 bits per heavy atom.